The molecule has 0 aliphatic rings. The zero-order chi connectivity index (χ0) is 9.97. The summed E-state index contributed by atoms with van der Waals surface area (Å²) in [5.41, 5.74) is 1.84. The van der Waals surface area contributed by atoms with Crippen LogP contribution in [-0.4, -0.2) is 9.97 Å². The molecule has 2 aromatic rings. The predicted molar refractivity (Wildman–Crippen MR) is 54.0 cm³/mol. The molecule has 0 saturated carbocycles. The van der Waals surface area contributed by atoms with Gasteiger partial charge in [0.05, 0.1) is 17.7 Å². The fourth-order valence-electron chi connectivity index (χ4n) is 1.18. The first-order chi connectivity index (χ1) is 6.81. The van der Waals surface area contributed by atoms with Gasteiger partial charge < -0.3 is 4.42 Å². The first-order valence-corrected chi connectivity index (χ1v) is 4.76. The lowest BCUT2D eigenvalue weighted by Crippen LogP contribution is -1.90. The lowest BCUT2D eigenvalue weighted by Gasteiger charge is -1.98. The topological polar surface area (TPSA) is 38.9 Å². The molecule has 0 amide bonds. The van der Waals surface area contributed by atoms with Gasteiger partial charge in [-0.1, -0.05) is 0 Å². The predicted octanol–water partition coefficient (Wildman–Crippen LogP) is 2.78. The van der Waals surface area contributed by atoms with E-state index in [1.165, 1.54) is 0 Å². The summed E-state index contributed by atoms with van der Waals surface area (Å²) in [5.74, 6) is 1.93. The Morgan fingerprint density at radius 1 is 1.36 bits per heavy atom. The quantitative estimate of drug-likeness (QED) is 0.713. The number of aromatic nitrogens is 2. The van der Waals surface area contributed by atoms with Gasteiger partial charge in [-0.2, -0.15) is 0 Å². The molecular weight excluding hydrogens is 200 g/mol. The number of hydrogen-bond acceptors (Lipinski definition) is 3. The molecule has 0 aliphatic carbocycles. The minimum Gasteiger partial charge on any atom is -0.469 e. The second kappa shape index (κ2) is 3.80. The van der Waals surface area contributed by atoms with Crippen molar-refractivity contribution in [3.63, 3.8) is 0 Å². The van der Waals surface area contributed by atoms with E-state index < -0.39 is 0 Å². The van der Waals surface area contributed by atoms with Crippen molar-refractivity contribution in [1.82, 2.24) is 9.97 Å². The van der Waals surface area contributed by atoms with Crippen LogP contribution in [0.4, 0.5) is 0 Å². The summed E-state index contributed by atoms with van der Waals surface area (Å²) in [6.45, 7) is 1.88. The number of alkyl halides is 1. The van der Waals surface area contributed by atoms with E-state index in [1.807, 2.05) is 13.0 Å². The fourth-order valence-corrected chi connectivity index (χ4v) is 1.32. The molecule has 2 rings (SSSR count). The van der Waals surface area contributed by atoms with Crippen molar-refractivity contribution in [2.24, 2.45) is 0 Å². The van der Waals surface area contributed by atoms with Crippen LogP contribution in [0.1, 0.15) is 11.3 Å². The molecular formula is C10H9ClN2O. The summed E-state index contributed by atoms with van der Waals surface area (Å²) in [6, 6.07) is 1.85. The van der Waals surface area contributed by atoms with Crippen LogP contribution in [0.3, 0.4) is 0 Å². The number of rotatable bonds is 2. The van der Waals surface area contributed by atoms with Crippen molar-refractivity contribution in [3.8, 4) is 11.4 Å². The monoisotopic (exact) mass is 208 g/mol. The molecule has 72 valence electrons. The molecule has 0 aliphatic heterocycles. The third-order valence-corrected chi connectivity index (χ3v) is 2.27. The van der Waals surface area contributed by atoms with Crippen LogP contribution < -0.4 is 0 Å². The molecule has 0 atom stereocenters. The van der Waals surface area contributed by atoms with Gasteiger partial charge >= 0.3 is 0 Å². The number of hydrogen-bond donors (Lipinski definition) is 0. The maximum absolute atomic E-state index is 5.64. The summed E-state index contributed by atoms with van der Waals surface area (Å²) in [5, 5.41) is 0. The number of furan rings is 1. The lowest BCUT2D eigenvalue weighted by molar-refractivity contribution is 0.535. The van der Waals surface area contributed by atoms with Crippen LogP contribution in [0.15, 0.2) is 29.1 Å². The van der Waals surface area contributed by atoms with Gasteiger partial charge in [-0.3, -0.25) is 0 Å². The van der Waals surface area contributed by atoms with Gasteiger partial charge in [-0.15, -0.1) is 11.6 Å². The Bertz CT molecular complexity index is 422. The Morgan fingerprint density at radius 2 is 2.07 bits per heavy atom. The van der Waals surface area contributed by atoms with Crippen molar-refractivity contribution in [1.29, 1.82) is 0 Å². The average Bonchev–Trinajstić information content (AvgIpc) is 2.65. The standard InChI is InChI=1S/C10H9ClN2O/c1-7-9(2-3-14-7)10-12-5-8(4-11)6-13-10/h2-3,5-6H,4H2,1H3. The molecule has 0 fully saturated rings. The second-order valence-electron chi connectivity index (χ2n) is 2.94. The highest BCUT2D eigenvalue weighted by atomic mass is 35.5. The van der Waals surface area contributed by atoms with Gasteiger partial charge in [0.1, 0.15) is 5.76 Å². The first-order valence-electron chi connectivity index (χ1n) is 4.22. The Kier molecular flexibility index (Phi) is 2.50. The van der Waals surface area contributed by atoms with E-state index in [4.69, 9.17) is 16.0 Å². The largest absolute Gasteiger partial charge is 0.469 e. The van der Waals surface area contributed by atoms with Gasteiger partial charge in [-0.25, -0.2) is 9.97 Å². The van der Waals surface area contributed by atoms with E-state index in [9.17, 15) is 0 Å². The molecule has 2 aromatic heterocycles. The highest BCUT2D eigenvalue weighted by Crippen LogP contribution is 2.19. The summed E-state index contributed by atoms with van der Waals surface area (Å²) >= 11 is 5.64. The van der Waals surface area contributed by atoms with Gasteiger partial charge in [-0.05, 0) is 13.0 Å². The van der Waals surface area contributed by atoms with E-state index in [0.717, 1.165) is 16.9 Å². The Hall–Kier alpha value is -1.35. The third-order valence-electron chi connectivity index (χ3n) is 1.96. The SMILES string of the molecule is Cc1occc1-c1ncc(CCl)cn1. The maximum Gasteiger partial charge on any atom is 0.162 e. The normalized spacial score (nSPS) is 10.4. The van der Waals surface area contributed by atoms with Crippen molar-refractivity contribution in [3.05, 3.63) is 36.0 Å². The Morgan fingerprint density at radius 3 is 2.57 bits per heavy atom. The van der Waals surface area contributed by atoms with Gasteiger partial charge in [0, 0.05) is 18.0 Å². The Labute approximate surface area is 86.8 Å². The van der Waals surface area contributed by atoms with Crippen LogP contribution >= 0.6 is 11.6 Å². The van der Waals surface area contributed by atoms with Crippen LogP contribution in [0.25, 0.3) is 11.4 Å². The molecule has 0 N–H and O–H groups in total. The molecule has 0 aromatic carbocycles. The van der Waals surface area contributed by atoms with E-state index in [0.29, 0.717) is 11.7 Å². The molecule has 2 heterocycles. The smallest absolute Gasteiger partial charge is 0.162 e. The third kappa shape index (κ3) is 1.63. The molecule has 0 spiro atoms. The zero-order valence-corrected chi connectivity index (χ0v) is 8.45. The van der Waals surface area contributed by atoms with Crippen molar-refractivity contribution in [2.45, 2.75) is 12.8 Å². The molecule has 3 nitrogen and oxygen atoms in total. The summed E-state index contributed by atoms with van der Waals surface area (Å²) < 4.78 is 5.17. The zero-order valence-electron chi connectivity index (χ0n) is 7.70. The van der Waals surface area contributed by atoms with Gasteiger partial charge in [0.15, 0.2) is 5.82 Å². The minimum absolute atomic E-state index is 0.435. The van der Waals surface area contributed by atoms with Crippen molar-refractivity contribution >= 4 is 11.6 Å². The van der Waals surface area contributed by atoms with Crippen LogP contribution in [0.2, 0.25) is 0 Å². The molecule has 0 saturated heterocycles. The number of aryl methyl sites for hydroxylation is 1. The average molecular weight is 209 g/mol. The number of halogens is 1. The highest BCUT2D eigenvalue weighted by molar-refractivity contribution is 6.17. The van der Waals surface area contributed by atoms with Crippen LogP contribution in [0.5, 0.6) is 0 Å². The molecule has 0 unspecified atom stereocenters. The van der Waals surface area contributed by atoms with E-state index in [-0.39, 0.29) is 0 Å². The highest BCUT2D eigenvalue weighted by Gasteiger charge is 2.06. The van der Waals surface area contributed by atoms with Crippen molar-refractivity contribution in [2.75, 3.05) is 0 Å². The maximum atomic E-state index is 5.64. The molecule has 14 heavy (non-hydrogen) atoms. The van der Waals surface area contributed by atoms with Crippen LogP contribution in [0, 0.1) is 6.92 Å². The van der Waals surface area contributed by atoms with E-state index in [2.05, 4.69) is 9.97 Å². The molecule has 0 radical (unpaired) electrons. The summed E-state index contributed by atoms with van der Waals surface area (Å²) in [7, 11) is 0. The van der Waals surface area contributed by atoms with Crippen LogP contribution in [-0.2, 0) is 5.88 Å². The minimum atomic E-state index is 0.435. The molecule has 4 heteroatoms. The second-order valence-corrected chi connectivity index (χ2v) is 3.21. The summed E-state index contributed by atoms with van der Waals surface area (Å²) in [6.07, 6.45) is 5.08. The fraction of sp³-hybridized carbons (Fsp3) is 0.200. The lowest BCUT2D eigenvalue weighted by atomic mass is 10.2. The van der Waals surface area contributed by atoms with E-state index in [1.54, 1.807) is 18.7 Å². The number of nitrogens with zero attached hydrogens (tertiary/aromatic N) is 2. The van der Waals surface area contributed by atoms with Gasteiger partial charge in [0.2, 0.25) is 0 Å². The van der Waals surface area contributed by atoms with Gasteiger partial charge in [0.25, 0.3) is 0 Å². The Balaban J connectivity index is 2.39. The van der Waals surface area contributed by atoms with Crippen molar-refractivity contribution < 1.29 is 4.42 Å². The summed E-state index contributed by atoms with van der Waals surface area (Å²) in [4.78, 5) is 8.39. The van der Waals surface area contributed by atoms with E-state index >= 15 is 0 Å². The first kappa shape index (κ1) is 9.21. The molecule has 0 bridgehead atoms.